The Kier molecular flexibility index (Phi) is 4.19. The van der Waals surface area contributed by atoms with Crippen LogP contribution in [0.3, 0.4) is 0 Å². The van der Waals surface area contributed by atoms with Crippen molar-refractivity contribution in [1.29, 1.82) is 0 Å². The van der Waals surface area contributed by atoms with Gasteiger partial charge in [-0.1, -0.05) is 30.3 Å². The van der Waals surface area contributed by atoms with E-state index in [4.69, 9.17) is 16.0 Å². The maximum atomic E-state index is 12.4. The fourth-order valence-electron chi connectivity index (χ4n) is 2.16. The average molecular weight is 292 g/mol. The second-order valence-corrected chi connectivity index (χ2v) is 5.38. The number of hydrogen-bond donors (Lipinski definition) is 1. The van der Waals surface area contributed by atoms with Gasteiger partial charge >= 0.3 is 0 Å². The van der Waals surface area contributed by atoms with E-state index < -0.39 is 5.54 Å². The number of furan rings is 1. The van der Waals surface area contributed by atoms with E-state index >= 15 is 0 Å². The lowest BCUT2D eigenvalue weighted by Crippen LogP contribution is -2.45. The quantitative estimate of drug-likeness (QED) is 0.871. The average Bonchev–Trinajstić information content (AvgIpc) is 2.78. The van der Waals surface area contributed by atoms with E-state index in [0.717, 1.165) is 11.3 Å². The van der Waals surface area contributed by atoms with Crippen LogP contribution >= 0.6 is 11.6 Å². The van der Waals surface area contributed by atoms with Gasteiger partial charge in [-0.05, 0) is 32.4 Å². The molecule has 1 heterocycles. The van der Waals surface area contributed by atoms with Crippen molar-refractivity contribution in [3.05, 3.63) is 59.0 Å². The van der Waals surface area contributed by atoms with Crippen molar-refractivity contribution in [2.45, 2.75) is 26.3 Å². The molecule has 20 heavy (non-hydrogen) atoms. The lowest BCUT2D eigenvalue weighted by Gasteiger charge is -2.29. The van der Waals surface area contributed by atoms with Crippen LogP contribution in [0.2, 0.25) is 0 Å². The molecule has 0 aliphatic rings. The molecule has 1 amide bonds. The van der Waals surface area contributed by atoms with E-state index in [9.17, 15) is 4.79 Å². The molecule has 0 bridgehead atoms. The van der Waals surface area contributed by atoms with Gasteiger partial charge in [0, 0.05) is 5.88 Å². The fourth-order valence-corrected chi connectivity index (χ4v) is 2.38. The first kappa shape index (κ1) is 14.7. The number of carbonyl (C=O) groups excluding carboxylic acids is 1. The molecule has 2 aromatic rings. The third-order valence-corrected chi connectivity index (χ3v) is 3.89. The highest BCUT2D eigenvalue weighted by atomic mass is 35.5. The van der Waals surface area contributed by atoms with Gasteiger partial charge in [0.05, 0.1) is 11.1 Å². The lowest BCUT2D eigenvalue weighted by molar-refractivity contribution is 0.0911. The molecule has 1 aromatic heterocycles. The monoisotopic (exact) mass is 291 g/mol. The molecule has 0 spiro atoms. The van der Waals surface area contributed by atoms with E-state index in [2.05, 4.69) is 5.32 Å². The molecular formula is C16H18ClNO2. The molecule has 4 heteroatoms. The zero-order valence-electron chi connectivity index (χ0n) is 11.9. The van der Waals surface area contributed by atoms with Gasteiger partial charge in [-0.2, -0.15) is 0 Å². The molecule has 0 aliphatic heterocycles. The van der Waals surface area contributed by atoms with Crippen LogP contribution in [-0.2, 0) is 5.54 Å². The number of rotatable bonds is 4. The van der Waals surface area contributed by atoms with Crippen molar-refractivity contribution >= 4 is 17.5 Å². The second-order valence-electron chi connectivity index (χ2n) is 5.11. The van der Waals surface area contributed by atoms with Crippen LogP contribution in [0.4, 0.5) is 0 Å². The van der Waals surface area contributed by atoms with Crippen LogP contribution in [0.5, 0.6) is 0 Å². The standard InChI is InChI=1S/C16H18ClNO2/c1-11-9-14(12(2)20-11)15(19)18-16(3,10-17)13-7-5-4-6-8-13/h4-9H,10H2,1-3H3,(H,18,19). The number of carbonyl (C=O) groups is 1. The molecule has 0 fully saturated rings. The van der Waals surface area contributed by atoms with Crippen LogP contribution in [0.25, 0.3) is 0 Å². The summed E-state index contributed by atoms with van der Waals surface area (Å²) in [6, 6.07) is 11.4. The van der Waals surface area contributed by atoms with Gasteiger partial charge in [0.25, 0.3) is 5.91 Å². The highest BCUT2D eigenvalue weighted by Gasteiger charge is 2.29. The number of aryl methyl sites for hydroxylation is 2. The maximum absolute atomic E-state index is 12.4. The Morgan fingerprint density at radius 2 is 1.95 bits per heavy atom. The minimum Gasteiger partial charge on any atom is -0.466 e. The van der Waals surface area contributed by atoms with Gasteiger partial charge in [-0.15, -0.1) is 11.6 Å². The third-order valence-electron chi connectivity index (χ3n) is 3.35. The Labute approximate surface area is 123 Å². The summed E-state index contributed by atoms with van der Waals surface area (Å²) in [5.74, 6) is 1.45. The molecule has 1 unspecified atom stereocenters. The zero-order chi connectivity index (χ0) is 14.8. The first-order valence-corrected chi connectivity index (χ1v) is 7.01. The molecule has 1 aromatic carbocycles. The van der Waals surface area contributed by atoms with Gasteiger partial charge in [0.15, 0.2) is 0 Å². The topological polar surface area (TPSA) is 42.2 Å². The number of amides is 1. The summed E-state index contributed by atoms with van der Waals surface area (Å²) in [6.07, 6.45) is 0. The Bertz CT molecular complexity index is 606. The summed E-state index contributed by atoms with van der Waals surface area (Å²) in [6.45, 7) is 5.51. The predicted molar refractivity (Wildman–Crippen MR) is 80.2 cm³/mol. The van der Waals surface area contributed by atoms with E-state index in [1.165, 1.54) is 0 Å². The van der Waals surface area contributed by atoms with Crippen LogP contribution in [-0.4, -0.2) is 11.8 Å². The minimum atomic E-state index is -0.614. The predicted octanol–water partition coefficient (Wildman–Crippen LogP) is 3.78. The highest BCUT2D eigenvalue weighted by Crippen LogP contribution is 2.23. The summed E-state index contributed by atoms with van der Waals surface area (Å²) >= 11 is 6.08. The summed E-state index contributed by atoms with van der Waals surface area (Å²) in [5, 5.41) is 3.00. The summed E-state index contributed by atoms with van der Waals surface area (Å²) in [4.78, 5) is 12.4. The fraction of sp³-hybridized carbons (Fsp3) is 0.312. The molecule has 1 N–H and O–H groups in total. The normalized spacial score (nSPS) is 13.8. The van der Waals surface area contributed by atoms with Gasteiger partial charge in [-0.3, -0.25) is 4.79 Å². The maximum Gasteiger partial charge on any atom is 0.255 e. The molecule has 2 rings (SSSR count). The van der Waals surface area contributed by atoms with Crippen LogP contribution in [0.1, 0.15) is 34.4 Å². The summed E-state index contributed by atoms with van der Waals surface area (Å²) < 4.78 is 5.40. The highest BCUT2D eigenvalue weighted by molar-refractivity contribution is 6.19. The Hall–Kier alpha value is -1.74. The summed E-state index contributed by atoms with van der Waals surface area (Å²) in [5.41, 5.74) is 0.910. The van der Waals surface area contributed by atoms with Crippen molar-refractivity contribution in [2.75, 3.05) is 5.88 Å². The number of benzene rings is 1. The van der Waals surface area contributed by atoms with Crippen molar-refractivity contribution in [2.24, 2.45) is 0 Å². The largest absolute Gasteiger partial charge is 0.466 e. The van der Waals surface area contributed by atoms with Gasteiger partial charge in [0.2, 0.25) is 0 Å². The van der Waals surface area contributed by atoms with E-state index in [1.54, 1.807) is 13.0 Å². The Balaban J connectivity index is 2.26. The molecular weight excluding hydrogens is 274 g/mol. The molecule has 0 saturated heterocycles. The Morgan fingerprint density at radius 1 is 1.30 bits per heavy atom. The summed E-state index contributed by atoms with van der Waals surface area (Å²) in [7, 11) is 0. The lowest BCUT2D eigenvalue weighted by atomic mass is 9.93. The first-order valence-electron chi connectivity index (χ1n) is 6.47. The van der Waals surface area contributed by atoms with Gasteiger partial charge in [-0.25, -0.2) is 0 Å². The molecule has 106 valence electrons. The minimum absolute atomic E-state index is 0.175. The number of hydrogen-bond acceptors (Lipinski definition) is 2. The van der Waals surface area contributed by atoms with Crippen molar-refractivity contribution < 1.29 is 9.21 Å². The molecule has 0 aliphatic carbocycles. The first-order chi connectivity index (χ1) is 9.46. The molecule has 3 nitrogen and oxygen atoms in total. The smallest absolute Gasteiger partial charge is 0.255 e. The van der Waals surface area contributed by atoms with Crippen molar-refractivity contribution in [3.63, 3.8) is 0 Å². The number of alkyl halides is 1. The van der Waals surface area contributed by atoms with Crippen LogP contribution in [0.15, 0.2) is 40.8 Å². The second kappa shape index (κ2) is 5.71. The molecule has 1 atom stereocenters. The van der Waals surface area contributed by atoms with E-state index in [1.807, 2.05) is 44.2 Å². The molecule has 0 radical (unpaired) electrons. The third kappa shape index (κ3) is 2.88. The van der Waals surface area contributed by atoms with Crippen molar-refractivity contribution in [1.82, 2.24) is 5.32 Å². The van der Waals surface area contributed by atoms with Crippen molar-refractivity contribution in [3.8, 4) is 0 Å². The van der Waals surface area contributed by atoms with Crippen LogP contribution < -0.4 is 5.32 Å². The Morgan fingerprint density at radius 3 is 2.45 bits per heavy atom. The SMILES string of the molecule is Cc1cc(C(=O)NC(C)(CCl)c2ccccc2)c(C)o1. The van der Waals surface area contributed by atoms with Crippen LogP contribution in [0, 0.1) is 13.8 Å². The van der Waals surface area contributed by atoms with Gasteiger partial charge in [0.1, 0.15) is 11.5 Å². The zero-order valence-corrected chi connectivity index (χ0v) is 12.6. The van der Waals surface area contributed by atoms with E-state index in [-0.39, 0.29) is 5.91 Å². The van der Waals surface area contributed by atoms with E-state index in [0.29, 0.717) is 17.2 Å². The number of nitrogens with one attached hydrogen (secondary N) is 1. The molecule has 0 saturated carbocycles. The van der Waals surface area contributed by atoms with Gasteiger partial charge < -0.3 is 9.73 Å². The number of halogens is 1.